The first kappa shape index (κ1) is 16.3. The molecule has 6 nitrogen and oxygen atoms in total. The largest absolute Gasteiger partial charge is 0.418 e. The number of rotatable bonds is 4. The summed E-state index contributed by atoms with van der Waals surface area (Å²) in [6.45, 7) is 1.56. The van der Waals surface area contributed by atoms with Crippen LogP contribution < -0.4 is 5.32 Å². The average Bonchev–Trinajstić information content (AvgIpc) is 2.83. The predicted octanol–water partition coefficient (Wildman–Crippen LogP) is 2.35. The number of amides is 1. The zero-order valence-electron chi connectivity index (χ0n) is 11.6. The molecule has 1 heterocycles. The number of carbonyl (C=O) groups excluding carboxylic acids is 1. The van der Waals surface area contributed by atoms with Gasteiger partial charge in [-0.3, -0.25) is 4.79 Å². The molecule has 1 N–H and O–H groups in total. The standard InChI is InChI=1S/C12H12F3N5OS/c1-7(22-11-17-18-19-20(11)2)10(21)16-9-6-4-3-5-8(9)12(13,14)15/h3-7H,1-2H3,(H,16,21)/t7-/m0/s1. The van der Waals surface area contributed by atoms with Crippen LogP contribution in [0, 0.1) is 0 Å². The molecule has 0 saturated heterocycles. The van der Waals surface area contributed by atoms with Gasteiger partial charge in [-0.25, -0.2) is 4.68 Å². The molecule has 118 valence electrons. The smallest absolute Gasteiger partial charge is 0.325 e. The van der Waals surface area contributed by atoms with E-state index in [0.29, 0.717) is 5.16 Å². The van der Waals surface area contributed by atoms with Crippen LogP contribution in [0.1, 0.15) is 12.5 Å². The quantitative estimate of drug-likeness (QED) is 0.871. The van der Waals surface area contributed by atoms with Crippen molar-refractivity contribution in [2.24, 2.45) is 7.05 Å². The summed E-state index contributed by atoms with van der Waals surface area (Å²) in [6, 6.07) is 4.82. The van der Waals surface area contributed by atoms with E-state index >= 15 is 0 Å². The van der Waals surface area contributed by atoms with Crippen LogP contribution in [0.15, 0.2) is 29.4 Å². The molecule has 1 amide bonds. The Hall–Kier alpha value is -2.10. The highest BCUT2D eigenvalue weighted by molar-refractivity contribution is 8.00. The summed E-state index contributed by atoms with van der Waals surface area (Å²) in [6.07, 6.45) is -4.53. The van der Waals surface area contributed by atoms with Gasteiger partial charge in [-0.1, -0.05) is 23.9 Å². The summed E-state index contributed by atoms with van der Waals surface area (Å²) in [4.78, 5) is 12.1. The first-order valence-electron chi connectivity index (χ1n) is 6.15. The van der Waals surface area contributed by atoms with Crippen molar-refractivity contribution in [1.29, 1.82) is 0 Å². The number of aromatic nitrogens is 4. The second kappa shape index (κ2) is 6.34. The minimum absolute atomic E-state index is 0.274. The first-order chi connectivity index (χ1) is 10.3. The number of carbonyl (C=O) groups is 1. The third-order valence-corrected chi connectivity index (χ3v) is 3.85. The lowest BCUT2D eigenvalue weighted by Crippen LogP contribution is -2.24. The molecule has 0 saturated carbocycles. The Morgan fingerprint density at radius 2 is 2.05 bits per heavy atom. The van der Waals surface area contributed by atoms with E-state index in [-0.39, 0.29) is 5.69 Å². The molecule has 0 unspecified atom stereocenters. The van der Waals surface area contributed by atoms with Gasteiger partial charge in [0.2, 0.25) is 11.1 Å². The number of nitrogens with one attached hydrogen (secondary N) is 1. The van der Waals surface area contributed by atoms with Crippen LogP contribution in [0.3, 0.4) is 0 Å². The topological polar surface area (TPSA) is 72.7 Å². The van der Waals surface area contributed by atoms with Crippen molar-refractivity contribution in [1.82, 2.24) is 20.2 Å². The van der Waals surface area contributed by atoms with Crippen LogP contribution in [0.25, 0.3) is 0 Å². The van der Waals surface area contributed by atoms with E-state index < -0.39 is 22.9 Å². The fourth-order valence-corrected chi connectivity index (χ4v) is 2.36. The van der Waals surface area contributed by atoms with Crippen molar-refractivity contribution >= 4 is 23.4 Å². The van der Waals surface area contributed by atoms with Crippen LogP contribution in [-0.4, -0.2) is 31.4 Å². The monoisotopic (exact) mass is 331 g/mol. The number of benzene rings is 1. The van der Waals surface area contributed by atoms with Crippen molar-refractivity contribution in [3.8, 4) is 0 Å². The Bertz CT molecular complexity index is 673. The Kier molecular flexibility index (Phi) is 4.69. The van der Waals surface area contributed by atoms with Crippen molar-refractivity contribution in [2.45, 2.75) is 23.5 Å². The van der Waals surface area contributed by atoms with E-state index in [1.807, 2.05) is 0 Å². The van der Waals surface area contributed by atoms with Crippen LogP contribution in [0.5, 0.6) is 0 Å². The van der Waals surface area contributed by atoms with E-state index in [1.54, 1.807) is 14.0 Å². The number of alkyl halides is 3. The second-order valence-corrected chi connectivity index (χ2v) is 5.69. The van der Waals surface area contributed by atoms with Crippen molar-refractivity contribution < 1.29 is 18.0 Å². The van der Waals surface area contributed by atoms with E-state index in [0.717, 1.165) is 17.8 Å². The molecule has 10 heteroatoms. The molecule has 1 aromatic carbocycles. The van der Waals surface area contributed by atoms with Gasteiger partial charge >= 0.3 is 6.18 Å². The van der Waals surface area contributed by atoms with Gasteiger partial charge in [0.1, 0.15) is 0 Å². The number of thioether (sulfide) groups is 1. The van der Waals surface area contributed by atoms with Gasteiger partial charge in [0.05, 0.1) is 16.5 Å². The van der Waals surface area contributed by atoms with Gasteiger partial charge in [-0.2, -0.15) is 13.2 Å². The van der Waals surface area contributed by atoms with E-state index in [9.17, 15) is 18.0 Å². The SMILES string of the molecule is C[C@H](Sc1nnnn1C)C(=O)Nc1ccccc1C(F)(F)F. The third kappa shape index (κ3) is 3.75. The second-order valence-electron chi connectivity index (χ2n) is 4.38. The number of hydrogen-bond donors (Lipinski definition) is 1. The minimum atomic E-state index is -4.53. The molecule has 2 aromatic rings. The van der Waals surface area contributed by atoms with Gasteiger partial charge in [0.25, 0.3) is 0 Å². The zero-order valence-corrected chi connectivity index (χ0v) is 12.4. The van der Waals surface area contributed by atoms with Crippen molar-refractivity contribution in [3.63, 3.8) is 0 Å². The molecule has 0 spiro atoms. The molecule has 0 aliphatic rings. The summed E-state index contributed by atoms with van der Waals surface area (Å²) in [7, 11) is 1.60. The molecule has 0 aliphatic heterocycles. The number of halogens is 3. The first-order valence-corrected chi connectivity index (χ1v) is 7.03. The maximum absolute atomic E-state index is 12.9. The fourth-order valence-electron chi connectivity index (χ4n) is 1.61. The average molecular weight is 331 g/mol. The summed E-state index contributed by atoms with van der Waals surface area (Å²) in [5.41, 5.74) is -1.16. The number of tetrazole rings is 1. The molecular formula is C12H12F3N5OS. The Morgan fingerprint density at radius 1 is 1.36 bits per heavy atom. The van der Waals surface area contributed by atoms with E-state index in [4.69, 9.17) is 0 Å². The molecule has 0 fully saturated rings. The predicted molar refractivity (Wildman–Crippen MR) is 74.2 cm³/mol. The van der Waals surface area contributed by atoms with Crippen LogP contribution in [0.4, 0.5) is 18.9 Å². The Balaban J connectivity index is 2.11. The van der Waals surface area contributed by atoms with Gasteiger partial charge in [-0.15, -0.1) is 5.10 Å². The highest BCUT2D eigenvalue weighted by atomic mass is 32.2. The maximum Gasteiger partial charge on any atom is 0.418 e. The summed E-state index contributed by atoms with van der Waals surface area (Å²) in [5, 5.41) is 12.8. The van der Waals surface area contributed by atoms with Gasteiger partial charge in [0.15, 0.2) is 0 Å². The Morgan fingerprint density at radius 3 is 2.64 bits per heavy atom. The summed E-state index contributed by atoms with van der Waals surface area (Å²) in [5.74, 6) is -0.565. The van der Waals surface area contributed by atoms with Crippen molar-refractivity contribution in [2.75, 3.05) is 5.32 Å². The zero-order chi connectivity index (χ0) is 16.3. The Labute approximate surface area is 128 Å². The summed E-state index contributed by atoms with van der Waals surface area (Å²) >= 11 is 1.05. The molecule has 1 aromatic heterocycles. The molecule has 0 aliphatic carbocycles. The molecule has 22 heavy (non-hydrogen) atoms. The number of para-hydroxylation sites is 1. The fraction of sp³-hybridized carbons (Fsp3) is 0.333. The number of hydrogen-bond acceptors (Lipinski definition) is 5. The minimum Gasteiger partial charge on any atom is -0.325 e. The van der Waals surface area contributed by atoms with Gasteiger partial charge < -0.3 is 5.32 Å². The summed E-state index contributed by atoms with van der Waals surface area (Å²) < 4.78 is 40.0. The number of anilines is 1. The molecule has 2 rings (SSSR count). The van der Waals surface area contributed by atoms with Gasteiger partial charge in [-0.05, 0) is 29.5 Å². The lowest BCUT2D eigenvalue weighted by atomic mass is 10.1. The maximum atomic E-state index is 12.9. The molecule has 0 radical (unpaired) electrons. The lowest BCUT2D eigenvalue weighted by molar-refractivity contribution is -0.137. The highest BCUT2D eigenvalue weighted by Crippen LogP contribution is 2.34. The van der Waals surface area contributed by atoms with Crippen LogP contribution >= 0.6 is 11.8 Å². The normalized spacial score (nSPS) is 13.0. The third-order valence-electron chi connectivity index (χ3n) is 2.72. The molecule has 0 bridgehead atoms. The number of aryl methyl sites for hydroxylation is 1. The lowest BCUT2D eigenvalue weighted by Gasteiger charge is -2.15. The van der Waals surface area contributed by atoms with E-state index in [2.05, 4.69) is 20.8 Å². The number of nitrogens with zero attached hydrogens (tertiary/aromatic N) is 4. The van der Waals surface area contributed by atoms with Crippen molar-refractivity contribution in [3.05, 3.63) is 29.8 Å². The molecular weight excluding hydrogens is 319 g/mol. The van der Waals surface area contributed by atoms with Crippen LogP contribution in [0.2, 0.25) is 0 Å². The van der Waals surface area contributed by atoms with Crippen LogP contribution in [-0.2, 0) is 18.0 Å². The van der Waals surface area contributed by atoms with E-state index in [1.165, 1.54) is 22.9 Å². The van der Waals surface area contributed by atoms with Gasteiger partial charge in [0, 0.05) is 7.05 Å². The molecule has 1 atom stereocenters. The highest BCUT2D eigenvalue weighted by Gasteiger charge is 2.34.